The van der Waals surface area contributed by atoms with Crippen molar-refractivity contribution in [3.63, 3.8) is 0 Å². The van der Waals surface area contributed by atoms with Gasteiger partial charge in [-0.25, -0.2) is 0 Å². The van der Waals surface area contributed by atoms with Crippen LogP contribution < -0.4 is 0 Å². The SMILES string of the molecule is C=C/C=C(\C=C/C(C)C)C(=C)O. The molecule has 0 amide bonds. The maximum atomic E-state index is 9.09. The molecule has 0 fully saturated rings. The fraction of sp³-hybridized carbons (Fsp3) is 0.273. The van der Waals surface area contributed by atoms with Crippen molar-refractivity contribution in [3.05, 3.63) is 48.8 Å². The van der Waals surface area contributed by atoms with Crippen LogP contribution in [0.25, 0.3) is 0 Å². The van der Waals surface area contributed by atoms with Gasteiger partial charge in [0.25, 0.3) is 0 Å². The predicted molar refractivity (Wildman–Crippen MR) is 54.0 cm³/mol. The minimum absolute atomic E-state index is 0.0757. The van der Waals surface area contributed by atoms with Crippen LogP contribution in [-0.2, 0) is 0 Å². The molecule has 0 atom stereocenters. The van der Waals surface area contributed by atoms with E-state index in [9.17, 15) is 0 Å². The van der Waals surface area contributed by atoms with E-state index in [4.69, 9.17) is 5.11 Å². The molecule has 0 aliphatic heterocycles. The van der Waals surface area contributed by atoms with Crippen LogP contribution in [0, 0.1) is 5.92 Å². The van der Waals surface area contributed by atoms with Crippen molar-refractivity contribution in [1.82, 2.24) is 0 Å². The highest BCUT2D eigenvalue weighted by Crippen LogP contribution is 2.08. The third-order valence-corrected chi connectivity index (χ3v) is 1.29. The lowest BCUT2D eigenvalue weighted by Crippen LogP contribution is -1.84. The summed E-state index contributed by atoms with van der Waals surface area (Å²) in [5, 5.41) is 9.09. The second-order valence-electron chi connectivity index (χ2n) is 2.91. The summed E-state index contributed by atoms with van der Waals surface area (Å²) in [5.41, 5.74) is 0.707. The Labute approximate surface area is 74.4 Å². The molecule has 0 heterocycles. The number of allylic oxidation sites excluding steroid dienone is 4. The van der Waals surface area contributed by atoms with Crippen LogP contribution in [0.5, 0.6) is 0 Å². The summed E-state index contributed by atoms with van der Waals surface area (Å²) < 4.78 is 0. The molecule has 1 N–H and O–H groups in total. The van der Waals surface area contributed by atoms with E-state index in [1.807, 2.05) is 12.2 Å². The summed E-state index contributed by atoms with van der Waals surface area (Å²) in [7, 11) is 0. The molecule has 0 unspecified atom stereocenters. The molecular weight excluding hydrogens is 148 g/mol. The van der Waals surface area contributed by atoms with E-state index in [2.05, 4.69) is 27.0 Å². The van der Waals surface area contributed by atoms with Gasteiger partial charge in [-0.1, -0.05) is 51.3 Å². The first-order chi connectivity index (χ1) is 5.57. The normalized spacial score (nSPS) is 12.4. The molecule has 0 aliphatic rings. The lowest BCUT2D eigenvalue weighted by molar-refractivity contribution is 0.429. The van der Waals surface area contributed by atoms with Crippen LogP contribution in [0.2, 0.25) is 0 Å². The van der Waals surface area contributed by atoms with Crippen molar-refractivity contribution in [1.29, 1.82) is 0 Å². The van der Waals surface area contributed by atoms with Gasteiger partial charge in [-0.05, 0) is 5.92 Å². The van der Waals surface area contributed by atoms with E-state index in [-0.39, 0.29) is 5.76 Å². The number of aliphatic hydroxyl groups excluding tert-OH is 1. The highest BCUT2D eigenvalue weighted by Gasteiger charge is 1.93. The van der Waals surface area contributed by atoms with Crippen molar-refractivity contribution in [3.8, 4) is 0 Å². The van der Waals surface area contributed by atoms with E-state index in [1.54, 1.807) is 12.2 Å². The Kier molecular flexibility index (Phi) is 4.86. The molecule has 0 saturated heterocycles. The molecule has 12 heavy (non-hydrogen) atoms. The van der Waals surface area contributed by atoms with Gasteiger partial charge in [0, 0.05) is 5.57 Å². The van der Waals surface area contributed by atoms with Crippen molar-refractivity contribution < 1.29 is 5.11 Å². The van der Waals surface area contributed by atoms with Gasteiger partial charge < -0.3 is 5.11 Å². The fourth-order valence-electron chi connectivity index (χ4n) is 0.671. The Hall–Kier alpha value is -1.24. The van der Waals surface area contributed by atoms with Crippen LogP contribution in [0.3, 0.4) is 0 Å². The smallest absolute Gasteiger partial charge is 0.115 e. The van der Waals surface area contributed by atoms with E-state index in [0.29, 0.717) is 11.5 Å². The monoisotopic (exact) mass is 164 g/mol. The Morgan fingerprint density at radius 1 is 1.42 bits per heavy atom. The van der Waals surface area contributed by atoms with Gasteiger partial charge in [0.2, 0.25) is 0 Å². The Balaban J connectivity index is 4.45. The summed E-state index contributed by atoms with van der Waals surface area (Å²) in [5.74, 6) is 0.546. The molecule has 0 rings (SSSR count). The second kappa shape index (κ2) is 5.42. The summed E-state index contributed by atoms with van der Waals surface area (Å²) >= 11 is 0. The van der Waals surface area contributed by atoms with Crippen LogP contribution in [0.4, 0.5) is 0 Å². The summed E-state index contributed by atoms with van der Waals surface area (Å²) in [6.07, 6.45) is 7.19. The minimum Gasteiger partial charge on any atom is -0.508 e. The van der Waals surface area contributed by atoms with Crippen LogP contribution in [-0.4, -0.2) is 5.11 Å². The number of aliphatic hydroxyl groups is 1. The molecule has 0 bridgehead atoms. The highest BCUT2D eigenvalue weighted by molar-refractivity contribution is 5.36. The van der Waals surface area contributed by atoms with E-state index in [1.165, 1.54) is 0 Å². The predicted octanol–water partition coefficient (Wildman–Crippen LogP) is 3.38. The van der Waals surface area contributed by atoms with Gasteiger partial charge in [0.1, 0.15) is 5.76 Å². The molecule has 0 radical (unpaired) electrons. The largest absolute Gasteiger partial charge is 0.508 e. The average molecular weight is 164 g/mol. The molecule has 66 valence electrons. The average Bonchev–Trinajstić information content (AvgIpc) is 1.96. The molecule has 0 aromatic rings. The molecule has 0 spiro atoms. The molecule has 0 aliphatic carbocycles. The Morgan fingerprint density at radius 2 is 2.00 bits per heavy atom. The van der Waals surface area contributed by atoms with Crippen LogP contribution in [0.1, 0.15) is 13.8 Å². The van der Waals surface area contributed by atoms with Crippen molar-refractivity contribution >= 4 is 0 Å². The second-order valence-corrected chi connectivity index (χ2v) is 2.91. The zero-order valence-electron chi connectivity index (χ0n) is 7.75. The van der Waals surface area contributed by atoms with Crippen molar-refractivity contribution in [2.45, 2.75) is 13.8 Å². The zero-order chi connectivity index (χ0) is 9.56. The Morgan fingerprint density at radius 3 is 2.33 bits per heavy atom. The Bertz CT molecular complexity index is 219. The van der Waals surface area contributed by atoms with Crippen LogP contribution >= 0.6 is 0 Å². The number of hydrogen-bond acceptors (Lipinski definition) is 1. The maximum absolute atomic E-state index is 9.09. The molecule has 0 aromatic heterocycles. The topological polar surface area (TPSA) is 20.2 Å². The van der Waals surface area contributed by atoms with Crippen LogP contribution in [0.15, 0.2) is 48.8 Å². The first-order valence-corrected chi connectivity index (χ1v) is 3.97. The molecule has 0 saturated carbocycles. The van der Waals surface area contributed by atoms with Gasteiger partial charge in [-0.2, -0.15) is 0 Å². The van der Waals surface area contributed by atoms with Crippen molar-refractivity contribution in [2.75, 3.05) is 0 Å². The highest BCUT2D eigenvalue weighted by atomic mass is 16.3. The summed E-state index contributed by atoms with van der Waals surface area (Å²) in [6.45, 7) is 11.1. The first-order valence-electron chi connectivity index (χ1n) is 3.97. The summed E-state index contributed by atoms with van der Waals surface area (Å²) in [6, 6.07) is 0. The van der Waals surface area contributed by atoms with Crippen molar-refractivity contribution in [2.24, 2.45) is 5.92 Å². The van der Waals surface area contributed by atoms with Gasteiger partial charge in [0.05, 0.1) is 0 Å². The molecule has 1 heteroatoms. The fourth-order valence-corrected chi connectivity index (χ4v) is 0.671. The van der Waals surface area contributed by atoms with Gasteiger partial charge in [-0.3, -0.25) is 0 Å². The zero-order valence-corrected chi connectivity index (χ0v) is 7.75. The molecular formula is C11H16O. The van der Waals surface area contributed by atoms with Gasteiger partial charge in [0.15, 0.2) is 0 Å². The molecule has 0 aromatic carbocycles. The number of rotatable bonds is 4. The van der Waals surface area contributed by atoms with Gasteiger partial charge in [-0.15, -0.1) is 0 Å². The summed E-state index contributed by atoms with van der Waals surface area (Å²) in [4.78, 5) is 0. The third kappa shape index (κ3) is 4.56. The minimum atomic E-state index is 0.0757. The quantitative estimate of drug-likeness (QED) is 0.499. The first kappa shape index (κ1) is 10.8. The van der Waals surface area contributed by atoms with E-state index in [0.717, 1.165) is 0 Å². The lowest BCUT2D eigenvalue weighted by Gasteiger charge is -1.98. The third-order valence-electron chi connectivity index (χ3n) is 1.29. The lowest BCUT2D eigenvalue weighted by atomic mass is 10.1. The molecule has 1 nitrogen and oxygen atoms in total. The standard InChI is InChI=1S/C11H16O/c1-5-6-11(10(4)12)8-7-9(2)3/h5-9,12H,1,4H2,2-3H3/b8-7-,11-6+. The maximum Gasteiger partial charge on any atom is 0.115 e. The van der Waals surface area contributed by atoms with E-state index >= 15 is 0 Å². The van der Waals surface area contributed by atoms with Gasteiger partial charge >= 0.3 is 0 Å². The number of hydrogen-bond donors (Lipinski definition) is 1. The van der Waals surface area contributed by atoms with E-state index < -0.39 is 0 Å².